The number of hydrogen-bond donors (Lipinski definition) is 2. The van der Waals surface area contributed by atoms with Gasteiger partial charge < -0.3 is 5.11 Å². The monoisotopic (exact) mass is 217 g/mol. The molecule has 0 saturated carbocycles. The predicted molar refractivity (Wildman–Crippen MR) is 62.9 cm³/mol. The first kappa shape index (κ1) is 12.3. The molecule has 0 aromatic heterocycles. The molecule has 0 bridgehead atoms. The zero-order valence-corrected chi connectivity index (χ0v) is 9.23. The molecule has 3 heteroatoms. The third kappa shape index (κ3) is 4.16. The van der Waals surface area contributed by atoms with Crippen LogP contribution in [0.4, 0.5) is 0 Å². The third-order valence-corrected chi connectivity index (χ3v) is 2.24. The van der Waals surface area contributed by atoms with E-state index < -0.39 is 5.97 Å². The van der Waals surface area contributed by atoms with Crippen molar-refractivity contribution in [3.63, 3.8) is 0 Å². The summed E-state index contributed by atoms with van der Waals surface area (Å²) < 4.78 is 0. The summed E-state index contributed by atoms with van der Waals surface area (Å²) in [6.07, 6.45) is 5.30. The van der Waals surface area contributed by atoms with E-state index in [0.29, 0.717) is 6.54 Å². The molecule has 0 aliphatic rings. The van der Waals surface area contributed by atoms with Crippen molar-refractivity contribution in [1.29, 1.82) is 0 Å². The van der Waals surface area contributed by atoms with Crippen molar-refractivity contribution in [3.8, 4) is 12.3 Å². The van der Waals surface area contributed by atoms with Crippen LogP contribution in [0, 0.1) is 12.3 Å². The SMILES string of the molecule is C#CC(C)NCc1ccc(CC(=O)O)cc1. The highest BCUT2D eigenvalue weighted by Crippen LogP contribution is 2.05. The summed E-state index contributed by atoms with van der Waals surface area (Å²) in [5.74, 6) is 1.77. The summed E-state index contributed by atoms with van der Waals surface area (Å²) in [5, 5.41) is 11.8. The van der Waals surface area contributed by atoms with Gasteiger partial charge in [0.05, 0.1) is 12.5 Å². The van der Waals surface area contributed by atoms with Crippen LogP contribution >= 0.6 is 0 Å². The van der Waals surface area contributed by atoms with E-state index >= 15 is 0 Å². The van der Waals surface area contributed by atoms with E-state index in [1.807, 2.05) is 31.2 Å². The average molecular weight is 217 g/mol. The van der Waals surface area contributed by atoms with Gasteiger partial charge in [-0.3, -0.25) is 10.1 Å². The molecule has 1 aromatic rings. The van der Waals surface area contributed by atoms with Crippen LogP contribution in [0.2, 0.25) is 0 Å². The molecule has 0 aliphatic carbocycles. The van der Waals surface area contributed by atoms with Crippen LogP contribution in [-0.4, -0.2) is 17.1 Å². The van der Waals surface area contributed by atoms with Crippen LogP contribution in [0.15, 0.2) is 24.3 Å². The van der Waals surface area contributed by atoms with Crippen LogP contribution < -0.4 is 5.32 Å². The van der Waals surface area contributed by atoms with Crippen LogP contribution in [-0.2, 0) is 17.8 Å². The summed E-state index contributed by atoms with van der Waals surface area (Å²) in [7, 11) is 0. The Morgan fingerprint density at radius 3 is 2.50 bits per heavy atom. The van der Waals surface area contributed by atoms with Gasteiger partial charge in [0.2, 0.25) is 0 Å². The van der Waals surface area contributed by atoms with E-state index in [4.69, 9.17) is 11.5 Å². The Labute approximate surface area is 95.5 Å². The molecule has 1 unspecified atom stereocenters. The highest BCUT2D eigenvalue weighted by Gasteiger charge is 2.01. The van der Waals surface area contributed by atoms with E-state index in [0.717, 1.165) is 11.1 Å². The van der Waals surface area contributed by atoms with E-state index in [-0.39, 0.29) is 12.5 Å². The fourth-order valence-corrected chi connectivity index (χ4v) is 1.28. The number of carboxylic acid groups (broad SMARTS) is 1. The molecular formula is C13H15NO2. The summed E-state index contributed by atoms with van der Waals surface area (Å²) in [4.78, 5) is 10.5. The lowest BCUT2D eigenvalue weighted by molar-refractivity contribution is -0.136. The van der Waals surface area contributed by atoms with Crippen molar-refractivity contribution >= 4 is 5.97 Å². The Balaban J connectivity index is 2.52. The lowest BCUT2D eigenvalue weighted by Gasteiger charge is -2.07. The molecule has 0 radical (unpaired) electrons. The maximum absolute atomic E-state index is 10.5. The first-order valence-electron chi connectivity index (χ1n) is 5.11. The van der Waals surface area contributed by atoms with E-state index in [9.17, 15) is 4.79 Å². The zero-order chi connectivity index (χ0) is 12.0. The molecule has 0 saturated heterocycles. The van der Waals surface area contributed by atoms with Crippen LogP contribution in [0.5, 0.6) is 0 Å². The lowest BCUT2D eigenvalue weighted by Crippen LogP contribution is -2.23. The van der Waals surface area contributed by atoms with Gasteiger partial charge in [-0.2, -0.15) is 0 Å². The normalized spacial score (nSPS) is 11.8. The molecule has 1 rings (SSSR count). The van der Waals surface area contributed by atoms with Crippen molar-refractivity contribution in [1.82, 2.24) is 5.32 Å². The van der Waals surface area contributed by atoms with Crippen LogP contribution in [0.1, 0.15) is 18.1 Å². The number of benzene rings is 1. The summed E-state index contributed by atoms with van der Waals surface area (Å²) in [6.45, 7) is 2.61. The quantitative estimate of drug-likeness (QED) is 0.733. The van der Waals surface area contributed by atoms with Gasteiger partial charge in [-0.1, -0.05) is 30.2 Å². The Bertz CT molecular complexity index is 389. The van der Waals surface area contributed by atoms with Crippen molar-refractivity contribution < 1.29 is 9.90 Å². The molecule has 84 valence electrons. The summed E-state index contributed by atoms with van der Waals surface area (Å²) in [6, 6.07) is 7.51. The number of aliphatic carboxylic acids is 1. The standard InChI is InChI=1S/C13H15NO2/c1-3-10(2)14-9-12-6-4-11(5-7-12)8-13(15)16/h1,4-7,10,14H,8-9H2,2H3,(H,15,16). The van der Waals surface area contributed by atoms with Gasteiger partial charge in [-0.05, 0) is 18.1 Å². The minimum Gasteiger partial charge on any atom is -0.481 e. The first-order chi connectivity index (χ1) is 7.61. The van der Waals surface area contributed by atoms with E-state index in [1.165, 1.54) is 0 Å². The lowest BCUT2D eigenvalue weighted by atomic mass is 10.1. The number of terminal acetylenes is 1. The van der Waals surface area contributed by atoms with Crippen LogP contribution in [0.25, 0.3) is 0 Å². The maximum Gasteiger partial charge on any atom is 0.307 e. The fourth-order valence-electron chi connectivity index (χ4n) is 1.28. The minimum atomic E-state index is -0.813. The Hall–Kier alpha value is -1.79. The number of hydrogen-bond acceptors (Lipinski definition) is 2. The molecule has 16 heavy (non-hydrogen) atoms. The van der Waals surface area contributed by atoms with Gasteiger partial charge in [0.1, 0.15) is 0 Å². The van der Waals surface area contributed by atoms with Crippen molar-refractivity contribution in [3.05, 3.63) is 35.4 Å². The first-order valence-corrected chi connectivity index (χ1v) is 5.11. The van der Waals surface area contributed by atoms with Crippen molar-refractivity contribution in [2.45, 2.75) is 25.9 Å². The number of nitrogens with one attached hydrogen (secondary N) is 1. The molecular weight excluding hydrogens is 202 g/mol. The maximum atomic E-state index is 10.5. The number of carboxylic acids is 1. The highest BCUT2D eigenvalue weighted by molar-refractivity contribution is 5.70. The second-order valence-electron chi connectivity index (χ2n) is 3.66. The average Bonchev–Trinajstić information content (AvgIpc) is 2.27. The molecule has 1 atom stereocenters. The smallest absolute Gasteiger partial charge is 0.307 e. The second-order valence-corrected chi connectivity index (χ2v) is 3.66. The van der Waals surface area contributed by atoms with Gasteiger partial charge in [0, 0.05) is 6.54 Å². The minimum absolute atomic E-state index is 0.0405. The van der Waals surface area contributed by atoms with Gasteiger partial charge in [0.25, 0.3) is 0 Å². The zero-order valence-electron chi connectivity index (χ0n) is 9.23. The Morgan fingerprint density at radius 2 is 2.00 bits per heavy atom. The molecule has 0 fully saturated rings. The number of carbonyl (C=O) groups is 1. The number of rotatable bonds is 5. The molecule has 3 nitrogen and oxygen atoms in total. The van der Waals surface area contributed by atoms with Crippen molar-refractivity contribution in [2.75, 3.05) is 0 Å². The Kier molecular flexibility index (Phi) is 4.56. The summed E-state index contributed by atoms with van der Waals surface area (Å²) in [5.41, 5.74) is 1.90. The highest BCUT2D eigenvalue weighted by atomic mass is 16.4. The van der Waals surface area contributed by atoms with Gasteiger partial charge in [-0.25, -0.2) is 0 Å². The molecule has 1 aromatic carbocycles. The molecule has 0 amide bonds. The fraction of sp³-hybridized carbons (Fsp3) is 0.308. The van der Waals surface area contributed by atoms with Crippen LogP contribution in [0.3, 0.4) is 0 Å². The van der Waals surface area contributed by atoms with Gasteiger partial charge >= 0.3 is 5.97 Å². The topological polar surface area (TPSA) is 49.3 Å². The van der Waals surface area contributed by atoms with E-state index in [1.54, 1.807) is 0 Å². The third-order valence-electron chi connectivity index (χ3n) is 2.24. The van der Waals surface area contributed by atoms with Gasteiger partial charge in [0.15, 0.2) is 0 Å². The second kappa shape index (κ2) is 5.94. The molecule has 2 N–H and O–H groups in total. The predicted octanol–water partition coefficient (Wildman–Crippen LogP) is 1.43. The molecule has 0 heterocycles. The van der Waals surface area contributed by atoms with Crippen molar-refractivity contribution in [2.24, 2.45) is 0 Å². The molecule has 0 aliphatic heterocycles. The largest absolute Gasteiger partial charge is 0.481 e. The van der Waals surface area contributed by atoms with E-state index in [2.05, 4.69) is 11.2 Å². The Morgan fingerprint density at radius 1 is 1.44 bits per heavy atom. The summed E-state index contributed by atoms with van der Waals surface area (Å²) >= 11 is 0. The molecule has 0 spiro atoms. The van der Waals surface area contributed by atoms with Gasteiger partial charge in [-0.15, -0.1) is 6.42 Å².